The van der Waals surface area contributed by atoms with Crippen LogP contribution in [-0.2, 0) is 19.1 Å². The first-order valence-corrected chi connectivity index (χ1v) is 8.73. The van der Waals surface area contributed by atoms with Gasteiger partial charge >= 0.3 is 24.2 Å². The number of carboxylic acid groups (broad SMARTS) is 1. The van der Waals surface area contributed by atoms with Gasteiger partial charge in [0, 0.05) is 7.05 Å². The zero-order chi connectivity index (χ0) is 24.2. The van der Waals surface area contributed by atoms with Gasteiger partial charge in [-0.3, -0.25) is 4.68 Å². The summed E-state index contributed by atoms with van der Waals surface area (Å²) in [4.78, 5) is 11.2. The van der Waals surface area contributed by atoms with E-state index in [0.717, 1.165) is 13.1 Å². The summed E-state index contributed by atoms with van der Waals surface area (Å²) in [6.45, 7) is -0.527. The van der Waals surface area contributed by atoms with Crippen molar-refractivity contribution in [2.75, 3.05) is 11.6 Å². The van der Waals surface area contributed by atoms with Crippen LogP contribution in [0.15, 0.2) is 28.5 Å². The molecule has 7 nitrogen and oxygen atoms in total. The molecule has 2 aromatic rings. The van der Waals surface area contributed by atoms with Crippen LogP contribution in [0.25, 0.3) is 0 Å². The lowest BCUT2D eigenvalue weighted by atomic mass is 10.0. The van der Waals surface area contributed by atoms with Crippen LogP contribution < -0.4 is 5.01 Å². The van der Waals surface area contributed by atoms with Crippen molar-refractivity contribution in [3.63, 3.8) is 0 Å². The summed E-state index contributed by atoms with van der Waals surface area (Å²) in [5.41, 5.74) is -5.01. The summed E-state index contributed by atoms with van der Waals surface area (Å²) < 4.78 is 107. The van der Waals surface area contributed by atoms with E-state index in [9.17, 15) is 39.9 Å². The molecule has 1 aromatic heterocycles. The van der Waals surface area contributed by atoms with E-state index >= 15 is 0 Å². The first-order chi connectivity index (χ1) is 14.6. The fraction of sp³-hybridized carbons (Fsp3) is 0.375. The van der Waals surface area contributed by atoms with Gasteiger partial charge in [0.2, 0.25) is 0 Å². The quantitative estimate of drug-likeness (QED) is 0.583. The van der Waals surface area contributed by atoms with Gasteiger partial charge in [0.25, 0.3) is 0 Å². The zero-order valence-electron chi connectivity index (χ0n) is 15.5. The predicted molar refractivity (Wildman–Crippen MR) is 91.5 cm³/mol. The summed E-state index contributed by atoms with van der Waals surface area (Å²) in [6.07, 6.45) is -12.0. The first kappa shape index (κ1) is 23.7. The van der Waals surface area contributed by atoms with Crippen molar-refractivity contribution in [2.45, 2.75) is 24.3 Å². The normalized spacial score (nSPS) is 17.3. The van der Waals surface area contributed by atoms with Crippen LogP contribution in [0.2, 0.25) is 5.02 Å². The number of carboxylic acids is 1. The highest BCUT2D eigenvalue weighted by atomic mass is 35.5. The molecule has 1 N–H and O–H groups in total. The highest BCUT2D eigenvalue weighted by Gasteiger charge is 2.64. The average Bonchev–Trinajstić information content (AvgIpc) is 3.25. The maximum Gasteiger partial charge on any atom is 0.459 e. The van der Waals surface area contributed by atoms with Gasteiger partial charge in [0.1, 0.15) is 11.6 Å². The van der Waals surface area contributed by atoms with Crippen molar-refractivity contribution in [3.8, 4) is 0 Å². The number of hydrogen-bond acceptors (Lipinski definition) is 5. The number of carbonyl (C=O) groups is 1. The predicted octanol–water partition coefficient (Wildman–Crippen LogP) is 5.37. The second-order valence-corrected chi connectivity index (χ2v) is 7.00. The number of rotatable bonds is 4. The van der Waals surface area contributed by atoms with Crippen molar-refractivity contribution < 1.29 is 45.0 Å². The van der Waals surface area contributed by atoms with Gasteiger partial charge in [0.15, 0.2) is 11.5 Å². The molecule has 1 atom stereocenters. The third-order valence-electron chi connectivity index (χ3n) is 4.45. The maximum absolute atomic E-state index is 13.8. The first-order valence-electron chi connectivity index (χ1n) is 8.36. The van der Waals surface area contributed by atoms with E-state index in [1.807, 2.05) is 0 Å². The molecular formula is C16H10ClF8N5O2. The number of nitrogens with zero attached hydrogens (tertiary/aromatic N) is 5. The van der Waals surface area contributed by atoms with Gasteiger partial charge in [-0.05, 0) is 17.7 Å². The fourth-order valence-electron chi connectivity index (χ4n) is 3.00. The molecule has 32 heavy (non-hydrogen) atoms. The number of benzene rings is 1. The van der Waals surface area contributed by atoms with Crippen LogP contribution >= 0.6 is 11.6 Å². The van der Waals surface area contributed by atoms with E-state index in [2.05, 4.69) is 15.4 Å². The second-order valence-electron chi connectivity index (χ2n) is 6.59. The third-order valence-corrected chi connectivity index (χ3v) is 4.78. The van der Waals surface area contributed by atoms with Crippen molar-refractivity contribution >= 4 is 23.4 Å². The standard InChI is InChI=1S/C16H10ClF8N5O2/c1-29-12(10(15(20,21)22)11(27-29)14(18,19)16(23,24)25)30-5-9(26-28-30)6-2-3-8(17)7(4-6)13(31)32/h2-4,9H,5H2,1H3,(H,31,32). The Balaban J connectivity index is 2.05. The van der Waals surface area contributed by atoms with Gasteiger partial charge in [0.05, 0.1) is 17.1 Å². The highest BCUT2D eigenvalue weighted by molar-refractivity contribution is 6.33. The van der Waals surface area contributed by atoms with Gasteiger partial charge in [-0.1, -0.05) is 22.9 Å². The molecule has 0 amide bonds. The van der Waals surface area contributed by atoms with Crippen LogP contribution in [-0.4, -0.2) is 33.6 Å². The van der Waals surface area contributed by atoms with E-state index in [4.69, 9.17) is 16.7 Å². The highest BCUT2D eigenvalue weighted by Crippen LogP contribution is 2.50. The van der Waals surface area contributed by atoms with E-state index < -0.39 is 53.9 Å². The Hall–Kier alpha value is -2.97. The molecule has 1 aliphatic heterocycles. The van der Waals surface area contributed by atoms with Crippen molar-refractivity contribution in [1.82, 2.24) is 9.78 Å². The SMILES string of the molecule is Cn1nc(C(F)(F)C(F)(F)F)c(C(F)(F)F)c1N1CC(c2ccc(Cl)c(C(=O)O)c2)N=N1. The molecule has 0 bridgehead atoms. The number of halogens is 9. The molecule has 0 saturated heterocycles. The molecule has 1 unspecified atom stereocenters. The minimum absolute atomic E-state index is 0.127. The molecule has 1 aromatic carbocycles. The van der Waals surface area contributed by atoms with Crippen LogP contribution in [0.5, 0.6) is 0 Å². The number of hydrogen-bond donors (Lipinski definition) is 1. The Kier molecular flexibility index (Phi) is 5.60. The lowest BCUT2D eigenvalue weighted by Crippen LogP contribution is -2.36. The average molecular weight is 492 g/mol. The molecule has 16 heteroatoms. The lowest BCUT2D eigenvalue weighted by Gasteiger charge is -2.21. The number of anilines is 1. The summed E-state index contributed by atoms with van der Waals surface area (Å²) in [5, 5.41) is 19.4. The van der Waals surface area contributed by atoms with Gasteiger partial charge in [-0.2, -0.15) is 45.3 Å². The number of aromatic carboxylic acids is 1. The van der Waals surface area contributed by atoms with E-state index in [0.29, 0.717) is 5.01 Å². The van der Waals surface area contributed by atoms with Crippen LogP contribution in [0.4, 0.5) is 40.9 Å². The second kappa shape index (κ2) is 7.56. The molecular weight excluding hydrogens is 482 g/mol. The van der Waals surface area contributed by atoms with Gasteiger partial charge in [-0.25, -0.2) is 9.80 Å². The molecule has 1 aliphatic rings. The molecule has 0 saturated carbocycles. The smallest absolute Gasteiger partial charge is 0.459 e. The van der Waals surface area contributed by atoms with Crippen molar-refractivity contribution in [2.24, 2.45) is 17.4 Å². The van der Waals surface area contributed by atoms with E-state index in [1.54, 1.807) is 0 Å². The molecule has 0 radical (unpaired) electrons. The maximum atomic E-state index is 13.8. The summed E-state index contributed by atoms with van der Waals surface area (Å²) in [7, 11) is 0.744. The molecule has 2 heterocycles. The fourth-order valence-corrected chi connectivity index (χ4v) is 3.20. The van der Waals surface area contributed by atoms with E-state index in [-0.39, 0.29) is 20.8 Å². The van der Waals surface area contributed by atoms with E-state index in [1.165, 1.54) is 12.1 Å². The van der Waals surface area contributed by atoms with Crippen molar-refractivity contribution in [3.05, 3.63) is 45.6 Å². The third kappa shape index (κ3) is 3.96. The molecule has 0 spiro atoms. The topological polar surface area (TPSA) is 83.1 Å². The Morgan fingerprint density at radius 3 is 2.31 bits per heavy atom. The molecule has 174 valence electrons. The molecule has 0 fully saturated rings. The van der Waals surface area contributed by atoms with Gasteiger partial charge < -0.3 is 5.11 Å². The van der Waals surface area contributed by atoms with Crippen LogP contribution in [0.3, 0.4) is 0 Å². The van der Waals surface area contributed by atoms with Crippen LogP contribution in [0.1, 0.15) is 33.2 Å². The lowest BCUT2D eigenvalue weighted by molar-refractivity contribution is -0.292. The minimum Gasteiger partial charge on any atom is -0.478 e. The minimum atomic E-state index is -6.33. The molecule has 0 aliphatic carbocycles. The Morgan fingerprint density at radius 1 is 1.16 bits per heavy atom. The number of aromatic nitrogens is 2. The monoisotopic (exact) mass is 491 g/mol. The zero-order valence-corrected chi connectivity index (χ0v) is 16.3. The largest absolute Gasteiger partial charge is 0.478 e. The Morgan fingerprint density at radius 2 is 1.78 bits per heavy atom. The number of alkyl halides is 8. The van der Waals surface area contributed by atoms with Crippen molar-refractivity contribution in [1.29, 1.82) is 0 Å². The van der Waals surface area contributed by atoms with Gasteiger partial charge in [-0.15, -0.1) is 0 Å². The summed E-state index contributed by atoms with van der Waals surface area (Å²) in [5.74, 6) is -8.47. The molecule has 3 rings (SSSR count). The van der Waals surface area contributed by atoms with Crippen LogP contribution in [0, 0.1) is 0 Å². The summed E-state index contributed by atoms with van der Waals surface area (Å²) >= 11 is 5.75. The Labute approximate surface area is 177 Å². The summed E-state index contributed by atoms with van der Waals surface area (Å²) in [6, 6.07) is 2.55. The Bertz CT molecular complexity index is 1100. The number of aryl methyl sites for hydroxylation is 1.